The van der Waals surface area contributed by atoms with Gasteiger partial charge in [-0.25, -0.2) is 0 Å². The fourth-order valence-corrected chi connectivity index (χ4v) is 2.59. The van der Waals surface area contributed by atoms with Gasteiger partial charge in [-0.15, -0.1) is 0 Å². The fourth-order valence-electron chi connectivity index (χ4n) is 2.59. The molecule has 0 aliphatic heterocycles. The van der Waals surface area contributed by atoms with E-state index in [2.05, 4.69) is 66.8 Å². The molecule has 1 nitrogen and oxygen atoms in total. The molecule has 0 saturated heterocycles. The van der Waals surface area contributed by atoms with E-state index in [4.69, 9.17) is 0 Å². The van der Waals surface area contributed by atoms with Crippen molar-refractivity contribution in [2.45, 2.75) is 19.8 Å². The minimum Gasteiger partial charge on any atom is -0.384 e. The Bertz CT molecular complexity index is 646. The Morgan fingerprint density at radius 2 is 1.42 bits per heavy atom. The first kappa shape index (κ1) is 12.0. The molecule has 3 rings (SSSR count). The molecule has 0 spiro atoms. The van der Waals surface area contributed by atoms with Crippen molar-refractivity contribution in [2.75, 3.05) is 11.9 Å². The van der Waals surface area contributed by atoms with Gasteiger partial charge in [-0.1, -0.05) is 61.9 Å². The number of hydrogen-bond donors (Lipinski definition) is 1. The van der Waals surface area contributed by atoms with Crippen LogP contribution in [0.2, 0.25) is 0 Å². The van der Waals surface area contributed by atoms with Crippen LogP contribution in [0.3, 0.4) is 0 Å². The normalized spacial score (nSPS) is 11.0. The van der Waals surface area contributed by atoms with Crippen LogP contribution in [0.1, 0.15) is 19.8 Å². The highest BCUT2D eigenvalue weighted by molar-refractivity contribution is 6.10. The van der Waals surface area contributed by atoms with E-state index >= 15 is 0 Å². The molecule has 0 bridgehead atoms. The van der Waals surface area contributed by atoms with Crippen LogP contribution in [0.5, 0.6) is 0 Å². The average Bonchev–Trinajstić information content (AvgIpc) is 2.46. The molecule has 0 saturated carbocycles. The van der Waals surface area contributed by atoms with Crippen molar-refractivity contribution in [3.05, 3.63) is 54.6 Å². The van der Waals surface area contributed by atoms with Crippen molar-refractivity contribution in [1.82, 2.24) is 0 Å². The van der Waals surface area contributed by atoms with E-state index in [-0.39, 0.29) is 0 Å². The quantitative estimate of drug-likeness (QED) is 0.494. The molecular weight excluding hydrogens is 230 g/mol. The maximum atomic E-state index is 3.63. The van der Waals surface area contributed by atoms with Crippen LogP contribution >= 0.6 is 0 Å². The molecule has 0 fully saturated rings. The molecular formula is C18H19N. The zero-order chi connectivity index (χ0) is 13.1. The van der Waals surface area contributed by atoms with Gasteiger partial charge in [0.25, 0.3) is 0 Å². The zero-order valence-electron chi connectivity index (χ0n) is 11.3. The minimum absolute atomic E-state index is 1.04. The Morgan fingerprint density at radius 1 is 0.842 bits per heavy atom. The standard InChI is InChI=1S/C18H19N/c1-2-3-12-19-18-16-10-6-4-8-14(16)13-15-9-5-7-11-17(15)18/h4-11,13,19H,2-3,12H2,1H3. The molecule has 0 radical (unpaired) electrons. The first-order chi connectivity index (χ1) is 9.40. The van der Waals surface area contributed by atoms with Crippen molar-refractivity contribution < 1.29 is 0 Å². The van der Waals surface area contributed by atoms with Gasteiger partial charge in [-0.05, 0) is 23.3 Å². The van der Waals surface area contributed by atoms with Gasteiger partial charge in [-0.3, -0.25) is 0 Å². The van der Waals surface area contributed by atoms with Gasteiger partial charge in [0, 0.05) is 23.0 Å². The van der Waals surface area contributed by atoms with Gasteiger partial charge in [0.15, 0.2) is 0 Å². The lowest BCUT2D eigenvalue weighted by Gasteiger charge is -2.13. The summed E-state index contributed by atoms with van der Waals surface area (Å²) in [5, 5.41) is 8.88. The number of rotatable bonds is 4. The second-order valence-electron chi connectivity index (χ2n) is 4.97. The second-order valence-corrected chi connectivity index (χ2v) is 4.97. The Morgan fingerprint density at radius 3 is 2.00 bits per heavy atom. The fraction of sp³-hybridized carbons (Fsp3) is 0.222. The van der Waals surface area contributed by atoms with Crippen LogP contribution in [0.25, 0.3) is 21.5 Å². The molecule has 0 amide bonds. The summed E-state index contributed by atoms with van der Waals surface area (Å²) in [5.41, 5.74) is 1.28. The summed E-state index contributed by atoms with van der Waals surface area (Å²) in [6, 6.07) is 19.5. The third-order valence-corrected chi connectivity index (χ3v) is 3.60. The van der Waals surface area contributed by atoms with Crippen molar-refractivity contribution >= 4 is 27.2 Å². The van der Waals surface area contributed by atoms with Crippen LogP contribution < -0.4 is 5.32 Å². The van der Waals surface area contributed by atoms with E-state index in [9.17, 15) is 0 Å². The SMILES string of the molecule is CCCCNc1c2ccccc2cc2ccccc12. The summed E-state index contributed by atoms with van der Waals surface area (Å²) in [6.07, 6.45) is 2.42. The molecule has 0 aromatic heterocycles. The number of hydrogen-bond acceptors (Lipinski definition) is 1. The number of anilines is 1. The summed E-state index contributed by atoms with van der Waals surface area (Å²) >= 11 is 0. The lowest BCUT2D eigenvalue weighted by atomic mass is 10.0. The molecule has 0 unspecified atom stereocenters. The van der Waals surface area contributed by atoms with E-state index in [1.807, 2.05) is 0 Å². The monoisotopic (exact) mass is 249 g/mol. The molecule has 96 valence electrons. The number of unbranched alkanes of at least 4 members (excludes halogenated alkanes) is 1. The van der Waals surface area contributed by atoms with Crippen LogP contribution in [0.15, 0.2) is 54.6 Å². The largest absolute Gasteiger partial charge is 0.384 e. The molecule has 0 aliphatic carbocycles. The predicted molar refractivity (Wildman–Crippen MR) is 84.9 cm³/mol. The third kappa shape index (κ3) is 2.28. The maximum absolute atomic E-state index is 3.63. The van der Waals surface area contributed by atoms with Gasteiger partial charge in [0.05, 0.1) is 0 Å². The molecule has 0 heterocycles. The highest BCUT2D eigenvalue weighted by Crippen LogP contribution is 2.32. The van der Waals surface area contributed by atoms with E-state index in [1.54, 1.807) is 0 Å². The molecule has 0 aliphatic rings. The first-order valence-corrected chi connectivity index (χ1v) is 7.04. The smallest absolute Gasteiger partial charge is 0.0499 e. The Kier molecular flexibility index (Phi) is 3.37. The van der Waals surface area contributed by atoms with Gasteiger partial charge >= 0.3 is 0 Å². The maximum Gasteiger partial charge on any atom is 0.0499 e. The van der Waals surface area contributed by atoms with E-state index in [0.29, 0.717) is 0 Å². The lowest BCUT2D eigenvalue weighted by Crippen LogP contribution is -2.02. The lowest BCUT2D eigenvalue weighted by molar-refractivity contribution is 0.835. The third-order valence-electron chi connectivity index (χ3n) is 3.60. The molecule has 1 heteroatoms. The Labute approximate surface area is 114 Å². The molecule has 1 N–H and O–H groups in total. The van der Waals surface area contributed by atoms with Crippen LogP contribution in [0, 0.1) is 0 Å². The topological polar surface area (TPSA) is 12.0 Å². The molecule has 3 aromatic carbocycles. The van der Waals surface area contributed by atoms with E-state index in [1.165, 1.54) is 40.1 Å². The molecule has 0 atom stereocenters. The van der Waals surface area contributed by atoms with Crippen LogP contribution in [0.4, 0.5) is 5.69 Å². The van der Waals surface area contributed by atoms with E-state index in [0.717, 1.165) is 6.54 Å². The summed E-state index contributed by atoms with van der Waals surface area (Å²) in [7, 11) is 0. The van der Waals surface area contributed by atoms with Gasteiger partial charge in [0.2, 0.25) is 0 Å². The van der Waals surface area contributed by atoms with Crippen molar-refractivity contribution in [2.24, 2.45) is 0 Å². The van der Waals surface area contributed by atoms with Crippen LogP contribution in [-0.4, -0.2) is 6.54 Å². The van der Waals surface area contributed by atoms with Crippen molar-refractivity contribution in [3.63, 3.8) is 0 Å². The second kappa shape index (κ2) is 5.31. The summed E-state index contributed by atoms with van der Waals surface area (Å²) in [5.74, 6) is 0. The predicted octanol–water partition coefficient (Wildman–Crippen LogP) is 5.21. The number of benzene rings is 3. The van der Waals surface area contributed by atoms with Gasteiger partial charge in [-0.2, -0.15) is 0 Å². The van der Waals surface area contributed by atoms with Crippen molar-refractivity contribution in [1.29, 1.82) is 0 Å². The summed E-state index contributed by atoms with van der Waals surface area (Å²) in [6.45, 7) is 3.26. The highest BCUT2D eigenvalue weighted by atomic mass is 14.9. The Hall–Kier alpha value is -2.02. The van der Waals surface area contributed by atoms with Crippen molar-refractivity contribution in [3.8, 4) is 0 Å². The Balaban J connectivity index is 2.21. The van der Waals surface area contributed by atoms with Crippen LogP contribution in [-0.2, 0) is 0 Å². The average molecular weight is 249 g/mol. The van der Waals surface area contributed by atoms with Gasteiger partial charge < -0.3 is 5.32 Å². The van der Waals surface area contributed by atoms with Gasteiger partial charge in [0.1, 0.15) is 0 Å². The minimum atomic E-state index is 1.04. The highest BCUT2D eigenvalue weighted by Gasteiger charge is 2.06. The zero-order valence-corrected chi connectivity index (χ0v) is 11.3. The first-order valence-electron chi connectivity index (χ1n) is 7.04. The summed E-state index contributed by atoms with van der Waals surface area (Å²) < 4.78 is 0. The molecule has 19 heavy (non-hydrogen) atoms. The van der Waals surface area contributed by atoms with E-state index < -0.39 is 0 Å². The molecule has 3 aromatic rings. The number of fused-ring (bicyclic) bond motifs is 2. The number of nitrogens with one attached hydrogen (secondary N) is 1. The summed E-state index contributed by atoms with van der Waals surface area (Å²) in [4.78, 5) is 0.